The molecule has 0 heterocycles. The number of carbonyl (C=O) groups excluding carboxylic acids is 1. The van der Waals surface area contributed by atoms with Crippen molar-refractivity contribution in [3.05, 3.63) is 29.8 Å². The number of nitrogens with two attached hydrogens (primary N) is 1. The van der Waals surface area contributed by atoms with Gasteiger partial charge in [-0.1, -0.05) is 26.0 Å². The van der Waals surface area contributed by atoms with Crippen molar-refractivity contribution in [1.29, 1.82) is 0 Å². The molecule has 1 atom stereocenters. The van der Waals surface area contributed by atoms with Crippen LogP contribution in [-0.2, 0) is 11.2 Å². The minimum atomic E-state index is -0.407. The quantitative estimate of drug-likeness (QED) is 0.788. The molecule has 3 N–H and O–H groups in total. The van der Waals surface area contributed by atoms with Crippen LogP contribution in [0.25, 0.3) is 0 Å². The van der Waals surface area contributed by atoms with Gasteiger partial charge in [-0.05, 0) is 36.5 Å². The van der Waals surface area contributed by atoms with E-state index in [1.165, 1.54) is 5.56 Å². The van der Waals surface area contributed by atoms with Gasteiger partial charge in [0.1, 0.15) is 5.75 Å². The normalized spacial score (nSPS) is 12.3. The Hall–Kier alpha value is -1.55. The van der Waals surface area contributed by atoms with Crippen molar-refractivity contribution in [2.45, 2.75) is 32.7 Å². The van der Waals surface area contributed by atoms with Crippen LogP contribution in [0.1, 0.15) is 25.8 Å². The molecule has 1 amide bonds. The molecule has 0 radical (unpaired) electrons. The molecule has 1 rings (SSSR count). The molecule has 1 unspecified atom stereocenters. The van der Waals surface area contributed by atoms with Gasteiger partial charge in [0, 0.05) is 6.54 Å². The van der Waals surface area contributed by atoms with Crippen LogP contribution in [-0.4, -0.2) is 25.6 Å². The highest BCUT2D eigenvalue weighted by Crippen LogP contribution is 2.11. The summed E-state index contributed by atoms with van der Waals surface area (Å²) in [7, 11) is 1.64. The van der Waals surface area contributed by atoms with Gasteiger partial charge in [-0.3, -0.25) is 4.79 Å². The number of nitrogens with one attached hydrogen (secondary N) is 1. The van der Waals surface area contributed by atoms with E-state index in [1.54, 1.807) is 7.11 Å². The van der Waals surface area contributed by atoms with Crippen molar-refractivity contribution < 1.29 is 9.53 Å². The zero-order chi connectivity index (χ0) is 14.3. The van der Waals surface area contributed by atoms with E-state index in [-0.39, 0.29) is 5.91 Å². The van der Waals surface area contributed by atoms with E-state index in [2.05, 4.69) is 19.2 Å². The second-order valence-electron chi connectivity index (χ2n) is 5.13. The number of benzene rings is 1. The lowest BCUT2D eigenvalue weighted by atomic mass is 10.0. The van der Waals surface area contributed by atoms with Crippen molar-refractivity contribution in [1.82, 2.24) is 5.32 Å². The number of rotatable bonds is 7. The van der Waals surface area contributed by atoms with Crippen molar-refractivity contribution in [2.24, 2.45) is 11.7 Å². The minimum Gasteiger partial charge on any atom is -0.497 e. The third-order valence-corrected chi connectivity index (χ3v) is 2.93. The highest BCUT2D eigenvalue weighted by atomic mass is 16.5. The smallest absolute Gasteiger partial charge is 0.236 e. The Morgan fingerprint density at radius 3 is 2.47 bits per heavy atom. The summed E-state index contributed by atoms with van der Waals surface area (Å²) in [6, 6.07) is 7.43. The molecule has 4 heteroatoms. The van der Waals surface area contributed by atoms with Gasteiger partial charge in [-0.25, -0.2) is 0 Å². The summed E-state index contributed by atoms with van der Waals surface area (Å²) < 4.78 is 5.09. The highest BCUT2D eigenvalue weighted by Gasteiger charge is 2.13. The second-order valence-corrected chi connectivity index (χ2v) is 5.13. The van der Waals surface area contributed by atoms with Crippen LogP contribution < -0.4 is 15.8 Å². The minimum absolute atomic E-state index is 0.0674. The summed E-state index contributed by atoms with van der Waals surface area (Å²) in [4.78, 5) is 11.7. The first kappa shape index (κ1) is 15.5. The average molecular weight is 264 g/mol. The van der Waals surface area contributed by atoms with E-state index < -0.39 is 6.04 Å². The highest BCUT2D eigenvalue weighted by molar-refractivity contribution is 5.81. The Kier molecular flexibility index (Phi) is 6.36. The van der Waals surface area contributed by atoms with E-state index >= 15 is 0 Å². The number of carbonyl (C=O) groups is 1. The maximum Gasteiger partial charge on any atom is 0.236 e. The SMILES string of the molecule is COc1ccc(CCNC(=O)C(N)CC(C)C)cc1. The lowest BCUT2D eigenvalue weighted by molar-refractivity contribution is -0.122. The van der Waals surface area contributed by atoms with Crippen LogP contribution in [0.4, 0.5) is 0 Å². The number of hydrogen-bond acceptors (Lipinski definition) is 3. The maximum atomic E-state index is 11.7. The summed E-state index contributed by atoms with van der Waals surface area (Å²) in [6.07, 6.45) is 1.51. The summed E-state index contributed by atoms with van der Waals surface area (Å²) >= 11 is 0. The van der Waals surface area contributed by atoms with Gasteiger partial charge in [-0.15, -0.1) is 0 Å². The van der Waals surface area contributed by atoms with Gasteiger partial charge in [0.05, 0.1) is 13.2 Å². The van der Waals surface area contributed by atoms with E-state index in [0.29, 0.717) is 18.9 Å². The first-order valence-corrected chi connectivity index (χ1v) is 6.69. The Morgan fingerprint density at radius 2 is 1.95 bits per heavy atom. The van der Waals surface area contributed by atoms with Crippen LogP contribution in [0.3, 0.4) is 0 Å². The van der Waals surface area contributed by atoms with Crippen molar-refractivity contribution in [3.8, 4) is 5.75 Å². The molecule has 0 fully saturated rings. The van der Waals surface area contributed by atoms with Crippen molar-refractivity contribution in [2.75, 3.05) is 13.7 Å². The monoisotopic (exact) mass is 264 g/mol. The number of methoxy groups -OCH3 is 1. The zero-order valence-electron chi connectivity index (χ0n) is 12.0. The van der Waals surface area contributed by atoms with Crippen LogP contribution in [0, 0.1) is 5.92 Å². The van der Waals surface area contributed by atoms with E-state index in [4.69, 9.17) is 10.5 Å². The van der Waals surface area contributed by atoms with Gasteiger partial charge >= 0.3 is 0 Å². The second kappa shape index (κ2) is 7.79. The Bertz CT molecular complexity index is 388. The van der Waals surface area contributed by atoms with Crippen LogP contribution >= 0.6 is 0 Å². The summed E-state index contributed by atoms with van der Waals surface area (Å²) in [5, 5.41) is 2.87. The molecule has 0 saturated carbocycles. The third kappa shape index (κ3) is 5.75. The zero-order valence-corrected chi connectivity index (χ0v) is 12.0. The maximum absolute atomic E-state index is 11.7. The number of hydrogen-bond donors (Lipinski definition) is 2. The number of amides is 1. The van der Waals surface area contributed by atoms with E-state index in [9.17, 15) is 4.79 Å². The fourth-order valence-corrected chi connectivity index (χ4v) is 1.87. The fourth-order valence-electron chi connectivity index (χ4n) is 1.87. The van der Waals surface area contributed by atoms with Crippen molar-refractivity contribution >= 4 is 5.91 Å². The summed E-state index contributed by atoms with van der Waals surface area (Å²) in [5.74, 6) is 1.20. The third-order valence-electron chi connectivity index (χ3n) is 2.93. The van der Waals surface area contributed by atoms with Gasteiger partial charge in [0.15, 0.2) is 0 Å². The first-order chi connectivity index (χ1) is 9.02. The van der Waals surface area contributed by atoms with Gasteiger partial charge in [0.25, 0.3) is 0 Å². The predicted molar refractivity (Wildman–Crippen MR) is 77.1 cm³/mol. The largest absolute Gasteiger partial charge is 0.497 e. The predicted octanol–water partition coefficient (Wildman–Crippen LogP) is 1.73. The van der Waals surface area contributed by atoms with Gasteiger partial charge in [0.2, 0.25) is 5.91 Å². The molecule has 1 aromatic rings. The molecule has 0 bridgehead atoms. The fraction of sp³-hybridized carbons (Fsp3) is 0.533. The van der Waals surface area contributed by atoms with Gasteiger partial charge in [-0.2, -0.15) is 0 Å². The Labute approximate surface area is 115 Å². The van der Waals surface area contributed by atoms with Crippen LogP contribution in [0.15, 0.2) is 24.3 Å². The molecule has 4 nitrogen and oxygen atoms in total. The Balaban J connectivity index is 2.31. The van der Waals surface area contributed by atoms with Crippen molar-refractivity contribution in [3.63, 3.8) is 0 Å². The lowest BCUT2D eigenvalue weighted by Gasteiger charge is -2.14. The van der Waals surface area contributed by atoms with E-state index in [0.717, 1.165) is 12.2 Å². The van der Waals surface area contributed by atoms with Crippen LogP contribution in [0.2, 0.25) is 0 Å². The molecular formula is C15H24N2O2. The number of ether oxygens (including phenoxy) is 1. The topological polar surface area (TPSA) is 64.3 Å². The summed E-state index contributed by atoms with van der Waals surface area (Å²) in [6.45, 7) is 4.73. The molecule has 0 aliphatic rings. The molecule has 0 spiro atoms. The molecule has 0 aliphatic carbocycles. The average Bonchev–Trinajstić information content (AvgIpc) is 2.38. The Morgan fingerprint density at radius 1 is 1.32 bits per heavy atom. The van der Waals surface area contributed by atoms with Gasteiger partial charge < -0.3 is 15.8 Å². The van der Waals surface area contributed by atoms with E-state index in [1.807, 2.05) is 24.3 Å². The summed E-state index contributed by atoms with van der Waals surface area (Å²) in [5.41, 5.74) is 6.97. The molecule has 0 aliphatic heterocycles. The molecule has 106 valence electrons. The molecule has 19 heavy (non-hydrogen) atoms. The first-order valence-electron chi connectivity index (χ1n) is 6.69. The molecular weight excluding hydrogens is 240 g/mol. The molecule has 0 aromatic heterocycles. The lowest BCUT2D eigenvalue weighted by Crippen LogP contribution is -2.42. The van der Waals surface area contributed by atoms with Crippen LogP contribution in [0.5, 0.6) is 5.75 Å². The molecule has 0 saturated heterocycles. The standard InChI is InChI=1S/C15H24N2O2/c1-11(2)10-14(16)15(18)17-9-8-12-4-6-13(19-3)7-5-12/h4-7,11,14H,8-10,16H2,1-3H3,(H,17,18). The molecule has 1 aromatic carbocycles.